The molecule has 0 spiro atoms. The summed E-state index contributed by atoms with van der Waals surface area (Å²) in [6.07, 6.45) is 4.28. The van der Waals surface area contributed by atoms with Gasteiger partial charge in [-0.3, -0.25) is 0 Å². The lowest BCUT2D eigenvalue weighted by molar-refractivity contribution is 0.118. The molecule has 3 rings (SSSR count). The first-order chi connectivity index (χ1) is 11.9. The summed E-state index contributed by atoms with van der Waals surface area (Å²) in [7, 11) is 0. The Kier molecular flexibility index (Phi) is 4.65. The van der Waals surface area contributed by atoms with Crippen molar-refractivity contribution < 1.29 is 13.9 Å². The van der Waals surface area contributed by atoms with Gasteiger partial charge in [-0.25, -0.2) is 18.4 Å². The summed E-state index contributed by atoms with van der Waals surface area (Å²) in [6.45, 7) is 1.42. The van der Waals surface area contributed by atoms with Gasteiger partial charge in [-0.2, -0.15) is 5.10 Å². The van der Waals surface area contributed by atoms with Gasteiger partial charge in [0.1, 0.15) is 29.9 Å². The second-order valence-corrected chi connectivity index (χ2v) is 6.06. The fourth-order valence-electron chi connectivity index (χ4n) is 2.58. The maximum atomic E-state index is 14.3. The zero-order valence-electron chi connectivity index (χ0n) is 13.2. The molecule has 1 atom stereocenters. The molecule has 0 aliphatic heterocycles. The number of nitrogens with zero attached hydrogens (tertiary/aromatic N) is 3. The van der Waals surface area contributed by atoms with E-state index in [1.807, 2.05) is 0 Å². The zero-order valence-corrected chi connectivity index (χ0v) is 14.0. The van der Waals surface area contributed by atoms with E-state index in [2.05, 4.69) is 10.1 Å². The summed E-state index contributed by atoms with van der Waals surface area (Å²) in [5, 5.41) is 15.6. The van der Waals surface area contributed by atoms with Crippen molar-refractivity contribution >= 4 is 23.4 Å². The van der Waals surface area contributed by atoms with E-state index >= 15 is 0 Å². The molecule has 1 heterocycles. The molecule has 25 heavy (non-hydrogen) atoms. The third-order valence-electron chi connectivity index (χ3n) is 3.81. The van der Waals surface area contributed by atoms with Gasteiger partial charge in [0.15, 0.2) is 0 Å². The quantitative estimate of drug-likeness (QED) is 0.760. The molecular formula is C18H14ClF2N3O. The van der Waals surface area contributed by atoms with Gasteiger partial charge >= 0.3 is 0 Å². The van der Waals surface area contributed by atoms with Crippen LogP contribution in [0.1, 0.15) is 18.1 Å². The smallest absolute Gasteiger partial charge is 0.138 e. The number of hydrogen-bond acceptors (Lipinski definition) is 3. The average molecular weight is 362 g/mol. The normalized spacial score (nSPS) is 14.4. The van der Waals surface area contributed by atoms with E-state index in [1.54, 1.807) is 24.3 Å². The Morgan fingerprint density at radius 2 is 2.04 bits per heavy atom. The van der Waals surface area contributed by atoms with Gasteiger partial charge in [-0.1, -0.05) is 23.7 Å². The highest BCUT2D eigenvalue weighted by molar-refractivity contribution is 6.30. The van der Waals surface area contributed by atoms with Crippen LogP contribution in [0.4, 0.5) is 8.78 Å². The first-order valence-electron chi connectivity index (χ1n) is 7.38. The minimum absolute atomic E-state index is 0.0692. The van der Waals surface area contributed by atoms with E-state index in [0.29, 0.717) is 16.2 Å². The summed E-state index contributed by atoms with van der Waals surface area (Å²) < 4.78 is 28.9. The first kappa shape index (κ1) is 17.3. The molecule has 7 heteroatoms. The highest BCUT2D eigenvalue weighted by Crippen LogP contribution is 2.38. The lowest BCUT2D eigenvalue weighted by atomic mass is 9.84. The van der Waals surface area contributed by atoms with Crippen LogP contribution in [0.15, 0.2) is 55.1 Å². The molecule has 128 valence electrons. The number of aliphatic hydroxyl groups is 1. The van der Waals surface area contributed by atoms with Crippen LogP contribution in [-0.4, -0.2) is 19.9 Å². The zero-order chi connectivity index (χ0) is 18.0. The molecule has 4 nitrogen and oxygen atoms in total. The molecule has 0 aliphatic carbocycles. The molecule has 0 fully saturated rings. The Morgan fingerprint density at radius 3 is 2.68 bits per heavy atom. The van der Waals surface area contributed by atoms with Crippen LogP contribution in [0, 0.1) is 11.6 Å². The lowest BCUT2D eigenvalue weighted by Gasteiger charge is -2.28. The Balaban J connectivity index is 2.19. The van der Waals surface area contributed by atoms with Crippen LogP contribution in [0.25, 0.3) is 11.8 Å². The van der Waals surface area contributed by atoms with Crippen LogP contribution < -0.4 is 0 Å². The maximum Gasteiger partial charge on any atom is 0.138 e. The van der Waals surface area contributed by atoms with E-state index in [9.17, 15) is 13.9 Å². The Bertz CT molecular complexity index is 924. The van der Waals surface area contributed by atoms with Crippen LogP contribution >= 0.6 is 11.6 Å². The largest absolute Gasteiger partial charge is 0.380 e. The van der Waals surface area contributed by atoms with Crippen molar-refractivity contribution in [2.75, 3.05) is 0 Å². The molecule has 1 unspecified atom stereocenters. The van der Waals surface area contributed by atoms with E-state index in [0.717, 1.165) is 12.1 Å². The van der Waals surface area contributed by atoms with E-state index in [4.69, 9.17) is 11.6 Å². The summed E-state index contributed by atoms with van der Waals surface area (Å²) in [5.41, 5.74) is -0.947. The van der Waals surface area contributed by atoms with E-state index < -0.39 is 17.2 Å². The molecule has 0 amide bonds. The highest BCUT2D eigenvalue weighted by atomic mass is 35.5. The predicted octanol–water partition coefficient (Wildman–Crippen LogP) is 4.12. The van der Waals surface area contributed by atoms with Gasteiger partial charge in [0.05, 0.1) is 0 Å². The Labute approximate surface area is 148 Å². The number of benzene rings is 2. The third-order valence-corrected chi connectivity index (χ3v) is 4.05. The van der Waals surface area contributed by atoms with Gasteiger partial charge < -0.3 is 5.11 Å². The maximum absolute atomic E-state index is 14.3. The van der Waals surface area contributed by atoms with Gasteiger partial charge in [0, 0.05) is 28.4 Å². The minimum atomic E-state index is -1.77. The van der Waals surface area contributed by atoms with Crippen molar-refractivity contribution in [3.8, 4) is 0 Å². The van der Waals surface area contributed by atoms with Crippen molar-refractivity contribution in [1.82, 2.24) is 14.8 Å². The van der Waals surface area contributed by atoms with E-state index in [1.165, 1.54) is 36.5 Å². The molecule has 0 radical (unpaired) electrons. The molecule has 1 aromatic heterocycles. The van der Waals surface area contributed by atoms with Gasteiger partial charge in [0.25, 0.3) is 0 Å². The fraction of sp³-hybridized carbons (Fsp3) is 0.111. The first-order valence-corrected chi connectivity index (χ1v) is 7.76. The van der Waals surface area contributed by atoms with Crippen molar-refractivity contribution in [2.24, 2.45) is 0 Å². The molecule has 3 aromatic rings. The van der Waals surface area contributed by atoms with Crippen LogP contribution in [0.2, 0.25) is 5.02 Å². The molecule has 2 aromatic carbocycles. The standard InChI is InChI=1S/C18H14ClF2N3O/c1-18(25,15-6-5-14(20)8-17(15)21)16(9-24-11-22-10-23-24)12-3-2-4-13(19)7-12/h2-11,25H,1H3. The molecule has 0 bridgehead atoms. The second kappa shape index (κ2) is 6.74. The third kappa shape index (κ3) is 3.60. The van der Waals surface area contributed by atoms with Crippen molar-refractivity contribution in [1.29, 1.82) is 0 Å². The topological polar surface area (TPSA) is 50.9 Å². The summed E-state index contributed by atoms with van der Waals surface area (Å²) >= 11 is 6.05. The highest BCUT2D eigenvalue weighted by Gasteiger charge is 2.32. The number of hydrogen-bond donors (Lipinski definition) is 1. The second-order valence-electron chi connectivity index (χ2n) is 5.62. The monoisotopic (exact) mass is 361 g/mol. The van der Waals surface area contributed by atoms with Crippen molar-refractivity contribution in [2.45, 2.75) is 12.5 Å². The van der Waals surface area contributed by atoms with Gasteiger partial charge in [0.2, 0.25) is 0 Å². The number of aromatic nitrogens is 3. The summed E-state index contributed by atoms with van der Waals surface area (Å²) in [6, 6.07) is 9.80. The Morgan fingerprint density at radius 1 is 1.24 bits per heavy atom. The fourth-order valence-corrected chi connectivity index (χ4v) is 2.77. The molecule has 1 N–H and O–H groups in total. The van der Waals surface area contributed by atoms with Crippen molar-refractivity contribution in [3.05, 3.63) is 82.9 Å². The van der Waals surface area contributed by atoms with Crippen LogP contribution in [0.5, 0.6) is 0 Å². The number of halogens is 3. The molecular weight excluding hydrogens is 348 g/mol. The van der Waals surface area contributed by atoms with E-state index in [-0.39, 0.29) is 5.56 Å². The van der Waals surface area contributed by atoms with Crippen LogP contribution in [0.3, 0.4) is 0 Å². The Hall–Kier alpha value is -2.57. The summed E-state index contributed by atoms with van der Waals surface area (Å²) in [4.78, 5) is 3.85. The predicted molar refractivity (Wildman–Crippen MR) is 91.6 cm³/mol. The molecule has 0 aliphatic rings. The molecule has 0 saturated heterocycles. The van der Waals surface area contributed by atoms with Gasteiger partial charge in [-0.15, -0.1) is 0 Å². The van der Waals surface area contributed by atoms with Crippen molar-refractivity contribution in [3.63, 3.8) is 0 Å². The average Bonchev–Trinajstić information content (AvgIpc) is 3.05. The number of rotatable bonds is 4. The summed E-state index contributed by atoms with van der Waals surface area (Å²) in [5.74, 6) is -1.57. The van der Waals surface area contributed by atoms with Crippen LogP contribution in [-0.2, 0) is 5.60 Å². The van der Waals surface area contributed by atoms with Gasteiger partial charge in [-0.05, 0) is 36.8 Å². The minimum Gasteiger partial charge on any atom is -0.380 e. The lowest BCUT2D eigenvalue weighted by Crippen LogP contribution is -2.25. The SMILES string of the molecule is CC(O)(C(=Cn1cncn1)c1cccc(Cl)c1)c1ccc(F)cc1F. The molecule has 0 saturated carbocycles.